The number of amides is 1. The number of carbonyl (C=O) groups is 1. The molecule has 8 nitrogen and oxygen atoms in total. The number of nitrogens with zero attached hydrogens (tertiary/aromatic N) is 2. The summed E-state index contributed by atoms with van der Waals surface area (Å²) >= 11 is 0. The Bertz CT molecular complexity index is 1210. The minimum atomic E-state index is -3.87. The maximum atomic E-state index is 12.8. The highest BCUT2D eigenvalue weighted by Crippen LogP contribution is 2.22. The predicted molar refractivity (Wildman–Crippen MR) is 128 cm³/mol. The standard InChI is InChI=1S/C24H26N4O4S/c1-2-32-21-11-8-19(9-12-21)27-33(30,31)22-7-5-6-18(16-22)24(29)26-23-13-10-20(17-25-23)28-14-3-4-15-28/h5-13,16-17,27H,2-4,14-15H2,1H3,(H,25,26,29). The predicted octanol–water partition coefficient (Wildman–Crippen LogP) is 4.13. The normalized spacial score (nSPS) is 13.5. The minimum Gasteiger partial charge on any atom is -0.494 e. The smallest absolute Gasteiger partial charge is 0.261 e. The first kappa shape index (κ1) is 22.6. The molecule has 1 aliphatic rings. The van der Waals surface area contributed by atoms with Gasteiger partial charge in [-0.15, -0.1) is 0 Å². The van der Waals surface area contributed by atoms with Gasteiger partial charge >= 0.3 is 0 Å². The average molecular weight is 467 g/mol. The van der Waals surface area contributed by atoms with E-state index in [2.05, 4.69) is 19.9 Å². The van der Waals surface area contributed by atoms with Gasteiger partial charge in [-0.05, 0) is 74.4 Å². The molecule has 2 aromatic carbocycles. The van der Waals surface area contributed by atoms with Crippen LogP contribution in [0.2, 0.25) is 0 Å². The Kier molecular flexibility index (Phi) is 6.79. The molecule has 1 saturated heterocycles. The van der Waals surface area contributed by atoms with E-state index in [4.69, 9.17) is 4.74 Å². The SMILES string of the molecule is CCOc1ccc(NS(=O)(=O)c2cccc(C(=O)Nc3ccc(N4CCCC4)cn3)c2)cc1. The van der Waals surface area contributed by atoms with Crippen molar-refractivity contribution in [2.24, 2.45) is 0 Å². The van der Waals surface area contributed by atoms with Crippen LogP contribution in [0.3, 0.4) is 0 Å². The van der Waals surface area contributed by atoms with Gasteiger partial charge in [0, 0.05) is 24.3 Å². The molecule has 1 aromatic heterocycles. The number of carbonyl (C=O) groups excluding carboxylic acids is 1. The topological polar surface area (TPSA) is 101 Å². The van der Waals surface area contributed by atoms with Gasteiger partial charge in [0.2, 0.25) is 0 Å². The fourth-order valence-electron chi connectivity index (χ4n) is 3.62. The van der Waals surface area contributed by atoms with Crippen LogP contribution in [0.1, 0.15) is 30.1 Å². The van der Waals surface area contributed by atoms with E-state index < -0.39 is 15.9 Å². The molecule has 4 rings (SSSR count). The van der Waals surface area contributed by atoms with E-state index in [9.17, 15) is 13.2 Å². The van der Waals surface area contributed by atoms with Gasteiger partial charge in [0.15, 0.2) is 0 Å². The molecule has 0 aliphatic carbocycles. The Balaban J connectivity index is 1.44. The highest BCUT2D eigenvalue weighted by molar-refractivity contribution is 7.92. The zero-order valence-corrected chi connectivity index (χ0v) is 19.1. The molecule has 0 unspecified atom stereocenters. The van der Waals surface area contributed by atoms with E-state index in [1.165, 1.54) is 31.0 Å². The van der Waals surface area contributed by atoms with Crippen molar-refractivity contribution in [1.29, 1.82) is 0 Å². The first-order chi connectivity index (χ1) is 15.9. The van der Waals surface area contributed by atoms with Crippen molar-refractivity contribution in [2.75, 3.05) is 34.6 Å². The highest BCUT2D eigenvalue weighted by Gasteiger charge is 2.17. The van der Waals surface area contributed by atoms with Crippen molar-refractivity contribution in [2.45, 2.75) is 24.7 Å². The van der Waals surface area contributed by atoms with E-state index in [1.807, 2.05) is 13.0 Å². The fraction of sp³-hybridized carbons (Fsp3) is 0.250. The van der Waals surface area contributed by atoms with Gasteiger partial charge in [0.1, 0.15) is 11.6 Å². The summed E-state index contributed by atoms with van der Waals surface area (Å²) < 4.78 is 33.5. The number of hydrogen-bond donors (Lipinski definition) is 2. The van der Waals surface area contributed by atoms with Crippen molar-refractivity contribution in [1.82, 2.24) is 4.98 Å². The van der Waals surface area contributed by atoms with Gasteiger partial charge in [-0.3, -0.25) is 9.52 Å². The Morgan fingerprint density at radius 2 is 1.82 bits per heavy atom. The van der Waals surface area contributed by atoms with Crippen molar-refractivity contribution in [3.05, 3.63) is 72.4 Å². The van der Waals surface area contributed by atoms with Gasteiger partial charge in [0.05, 0.1) is 23.4 Å². The number of nitrogens with one attached hydrogen (secondary N) is 2. The van der Waals surface area contributed by atoms with Crippen LogP contribution in [0.5, 0.6) is 5.75 Å². The van der Waals surface area contributed by atoms with E-state index in [0.717, 1.165) is 18.8 Å². The lowest BCUT2D eigenvalue weighted by atomic mass is 10.2. The van der Waals surface area contributed by atoms with E-state index in [-0.39, 0.29) is 10.5 Å². The first-order valence-corrected chi connectivity index (χ1v) is 12.3. The molecule has 0 radical (unpaired) electrons. The second-order valence-corrected chi connectivity index (χ2v) is 9.32. The summed E-state index contributed by atoms with van der Waals surface area (Å²) in [6.45, 7) is 4.43. The fourth-order valence-corrected chi connectivity index (χ4v) is 4.72. The lowest BCUT2D eigenvalue weighted by Gasteiger charge is -2.17. The summed E-state index contributed by atoms with van der Waals surface area (Å²) in [5.74, 6) is 0.624. The Hall–Kier alpha value is -3.59. The summed E-state index contributed by atoms with van der Waals surface area (Å²) in [6, 6.07) is 16.2. The molecule has 1 aliphatic heterocycles. The zero-order chi connectivity index (χ0) is 23.3. The Morgan fingerprint density at radius 3 is 2.48 bits per heavy atom. The van der Waals surface area contributed by atoms with Crippen molar-refractivity contribution < 1.29 is 17.9 Å². The van der Waals surface area contributed by atoms with E-state index in [0.29, 0.717) is 23.9 Å². The maximum absolute atomic E-state index is 12.8. The number of benzene rings is 2. The van der Waals surface area contributed by atoms with Gasteiger partial charge in [-0.25, -0.2) is 13.4 Å². The lowest BCUT2D eigenvalue weighted by molar-refractivity contribution is 0.102. The number of ether oxygens (including phenoxy) is 1. The molecule has 0 saturated carbocycles. The van der Waals surface area contributed by atoms with E-state index >= 15 is 0 Å². The molecule has 0 bridgehead atoms. The monoisotopic (exact) mass is 466 g/mol. The lowest BCUT2D eigenvalue weighted by Crippen LogP contribution is -2.18. The molecule has 1 fully saturated rings. The van der Waals surface area contributed by atoms with Crippen LogP contribution in [0.15, 0.2) is 71.8 Å². The number of sulfonamides is 1. The molecule has 2 N–H and O–H groups in total. The first-order valence-electron chi connectivity index (χ1n) is 10.8. The molecule has 0 atom stereocenters. The van der Waals surface area contributed by atoms with Crippen LogP contribution in [0.25, 0.3) is 0 Å². The summed E-state index contributed by atoms with van der Waals surface area (Å²) in [5, 5.41) is 2.72. The van der Waals surface area contributed by atoms with Gasteiger partial charge in [-0.2, -0.15) is 0 Å². The van der Waals surface area contributed by atoms with Gasteiger partial charge in [0.25, 0.3) is 15.9 Å². The summed E-state index contributed by atoms with van der Waals surface area (Å²) in [4.78, 5) is 19.3. The third-order valence-electron chi connectivity index (χ3n) is 5.28. The average Bonchev–Trinajstić information content (AvgIpc) is 3.36. The molecule has 9 heteroatoms. The van der Waals surface area contributed by atoms with Crippen LogP contribution in [0.4, 0.5) is 17.2 Å². The number of rotatable bonds is 8. The third kappa shape index (κ3) is 5.61. The summed E-state index contributed by atoms with van der Waals surface area (Å²) in [5.41, 5.74) is 1.64. The largest absolute Gasteiger partial charge is 0.494 e. The summed E-state index contributed by atoms with van der Waals surface area (Å²) in [6.07, 6.45) is 4.08. The van der Waals surface area contributed by atoms with Crippen LogP contribution in [0, 0.1) is 0 Å². The molecular weight excluding hydrogens is 440 g/mol. The van der Waals surface area contributed by atoms with Crippen molar-refractivity contribution in [3.63, 3.8) is 0 Å². The van der Waals surface area contributed by atoms with Crippen molar-refractivity contribution >= 4 is 33.1 Å². The second-order valence-electron chi connectivity index (χ2n) is 7.64. The Labute approximate surface area is 193 Å². The van der Waals surface area contributed by atoms with Gasteiger partial charge < -0.3 is 15.0 Å². The number of aromatic nitrogens is 1. The number of hydrogen-bond acceptors (Lipinski definition) is 6. The number of pyridine rings is 1. The molecule has 172 valence electrons. The maximum Gasteiger partial charge on any atom is 0.261 e. The van der Waals surface area contributed by atoms with Crippen LogP contribution in [-0.4, -0.2) is 39.0 Å². The Morgan fingerprint density at radius 1 is 1.06 bits per heavy atom. The highest BCUT2D eigenvalue weighted by atomic mass is 32.2. The summed E-state index contributed by atoms with van der Waals surface area (Å²) in [7, 11) is -3.87. The number of anilines is 3. The zero-order valence-electron chi connectivity index (χ0n) is 18.3. The minimum absolute atomic E-state index is 0.0126. The van der Waals surface area contributed by atoms with Crippen LogP contribution in [-0.2, 0) is 10.0 Å². The van der Waals surface area contributed by atoms with Crippen LogP contribution >= 0.6 is 0 Å². The molecule has 0 spiro atoms. The molecule has 2 heterocycles. The molecule has 3 aromatic rings. The quantitative estimate of drug-likeness (QED) is 0.518. The molecule has 1 amide bonds. The molecular formula is C24H26N4O4S. The van der Waals surface area contributed by atoms with Crippen molar-refractivity contribution in [3.8, 4) is 5.75 Å². The van der Waals surface area contributed by atoms with Gasteiger partial charge in [-0.1, -0.05) is 6.07 Å². The molecule has 33 heavy (non-hydrogen) atoms. The van der Waals surface area contributed by atoms with E-state index in [1.54, 1.807) is 42.6 Å². The van der Waals surface area contributed by atoms with Crippen LogP contribution < -0.4 is 19.7 Å². The third-order valence-corrected chi connectivity index (χ3v) is 6.66. The second kappa shape index (κ2) is 9.91.